The maximum Gasteiger partial charge on any atom is 0.490 e. The lowest BCUT2D eigenvalue weighted by molar-refractivity contribution is -0.192. The second-order valence-corrected chi connectivity index (χ2v) is 10.7. The Hall–Kier alpha value is -4.33. The molecular formula is C25H24F3N7O5S. The highest BCUT2D eigenvalue weighted by Gasteiger charge is 2.38. The first-order chi connectivity index (χ1) is 19.5. The van der Waals surface area contributed by atoms with E-state index in [4.69, 9.17) is 14.6 Å². The molecule has 0 saturated carbocycles. The zero-order valence-corrected chi connectivity index (χ0v) is 22.1. The second-order valence-electron chi connectivity index (χ2n) is 8.91. The summed E-state index contributed by atoms with van der Waals surface area (Å²) >= 11 is 0. The molecule has 16 heteroatoms. The molecule has 3 N–H and O–H groups in total. The van der Waals surface area contributed by atoms with Crippen molar-refractivity contribution in [2.75, 3.05) is 13.2 Å². The van der Waals surface area contributed by atoms with E-state index in [9.17, 15) is 26.9 Å². The fourth-order valence-corrected chi connectivity index (χ4v) is 5.28. The Bertz CT molecular complexity index is 1660. The van der Waals surface area contributed by atoms with E-state index in [0.717, 1.165) is 35.1 Å². The predicted octanol–water partition coefficient (Wildman–Crippen LogP) is 3.42. The number of sulfonamides is 1. The first kappa shape index (κ1) is 29.6. The van der Waals surface area contributed by atoms with Gasteiger partial charge in [0.05, 0.1) is 41.4 Å². The summed E-state index contributed by atoms with van der Waals surface area (Å²) in [7, 11) is -3.72. The molecule has 3 aromatic heterocycles. The quantitative estimate of drug-likeness (QED) is 0.277. The summed E-state index contributed by atoms with van der Waals surface area (Å²) in [5.41, 5.74) is 2.89. The number of aliphatic carboxylic acids is 1. The van der Waals surface area contributed by atoms with Crippen LogP contribution in [0.5, 0.6) is 0 Å². The third-order valence-corrected chi connectivity index (χ3v) is 7.57. The minimum Gasteiger partial charge on any atom is -0.475 e. The van der Waals surface area contributed by atoms with E-state index >= 15 is 0 Å². The van der Waals surface area contributed by atoms with E-state index < -0.39 is 28.2 Å². The van der Waals surface area contributed by atoms with E-state index in [2.05, 4.69) is 30.8 Å². The van der Waals surface area contributed by atoms with Crippen molar-refractivity contribution < 1.29 is 36.2 Å². The van der Waals surface area contributed by atoms with Crippen molar-refractivity contribution in [3.05, 3.63) is 60.8 Å². The Morgan fingerprint density at radius 1 is 1.32 bits per heavy atom. The largest absolute Gasteiger partial charge is 0.490 e. The molecule has 0 bridgehead atoms. The smallest absolute Gasteiger partial charge is 0.475 e. The molecule has 1 aliphatic rings. The number of alkyl halides is 3. The molecule has 4 aromatic rings. The first-order valence-corrected chi connectivity index (χ1v) is 13.7. The molecule has 5 rings (SSSR count). The van der Waals surface area contributed by atoms with E-state index in [1.54, 1.807) is 41.3 Å². The van der Waals surface area contributed by atoms with Crippen molar-refractivity contribution in [2.24, 2.45) is 0 Å². The van der Waals surface area contributed by atoms with Crippen LogP contribution in [-0.2, 0) is 19.6 Å². The first-order valence-electron chi connectivity index (χ1n) is 12.2. The number of nitrogens with zero attached hydrogens (tertiary/aromatic N) is 5. The van der Waals surface area contributed by atoms with Gasteiger partial charge in [-0.15, -0.1) is 0 Å². The molecular weight excluding hydrogens is 567 g/mol. The maximum absolute atomic E-state index is 12.9. The van der Waals surface area contributed by atoms with Crippen LogP contribution >= 0.6 is 0 Å². The molecule has 1 aliphatic heterocycles. The number of benzene rings is 1. The number of aromatic amines is 1. The number of nitriles is 1. The Labute approximate surface area is 231 Å². The van der Waals surface area contributed by atoms with Gasteiger partial charge in [-0.05, 0) is 36.6 Å². The van der Waals surface area contributed by atoms with Crippen LogP contribution in [0.1, 0.15) is 30.9 Å². The van der Waals surface area contributed by atoms with E-state index in [1.807, 2.05) is 12.3 Å². The molecule has 2 unspecified atom stereocenters. The predicted molar refractivity (Wildman–Crippen MR) is 138 cm³/mol. The number of carboxylic acid groups (broad SMARTS) is 1. The minimum atomic E-state index is -5.08. The number of ether oxygens (including phenoxy) is 1. The molecule has 0 spiro atoms. The van der Waals surface area contributed by atoms with E-state index in [1.165, 1.54) is 6.33 Å². The molecule has 0 amide bonds. The number of hydrogen-bond donors (Lipinski definition) is 3. The zero-order chi connectivity index (χ0) is 29.6. The van der Waals surface area contributed by atoms with Crippen LogP contribution in [0.25, 0.3) is 22.3 Å². The van der Waals surface area contributed by atoms with Crippen molar-refractivity contribution in [3.63, 3.8) is 0 Å². The van der Waals surface area contributed by atoms with Crippen molar-refractivity contribution in [3.8, 4) is 17.3 Å². The van der Waals surface area contributed by atoms with Gasteiger partial charge in [-0.3, -0.25) is 4.68 Å². The van der Waals surface area contributed by atoms with Crippen LogP contribution in [0, 0.1) is 11.3 Å². The van der Waals surface area contributed by atoms with Gasteiger partial charge in [-0.25, -0.2) is 27.9 Å². The Balaban J connectivity index is 0.000000493. The van der Waals surface area contributed by atoms with Crippen LogP contribution in [0.4, 0.5) is 13.2 Å². The second kappa shape index (κ2) is 12.5. The fourth-order valence-electron chi connectivity index (χ4n) is 4.16. The fraction of sp³-hybridized carbons (Fsp3) is 0.320. The van der Waals surface area contributed by atoms with Crippen LogP contribution in [0.3, 0.4) is 0 Å². The van der Waals surface area contributed by atoms with Gasteiger partial charge in [0.15, 0.2) is 0 Å². The standard InChI is InChI=1S/C23H23N7O3S.C2HF3O2/c24-8-6-21(30-14-17(12-28-30)22-20-7-9-25-23(20)27-15-26-22)16-3-1-5-19(11-16)34(31,32)29-13-18-4-2-10-33-18;3-2(4,5)1(6)7/h1,3,5,7,9,11-12,14-15,18,21,29H,2,4,6,10,13H2,(H,25,26,27);(H,6,7). The molecule has 0 aliphatic carbocycles. The van der Waals surface area contributed by atoms with Crippen molar-refractivity contribution in [1.82, 2.24) is 29.5 Å². The van der Waals surface area contributed by atoms with Gasteiger partial charge < -0.3 is 14.8 Å². The number of nitrogens with one attached hydrogen (secondary N) is 2. The summed E-state index contributed by atoms with van der Waals surface area (Å²) in [4.78, 5) is 20.7. The summed E-state index contributed by atoms with van der Waals surface area (Å²) in [5, 5.41) is 21.9. The molecule has 4 heterocycles. The molecule has 1 aromatic carbocycles. The topological polar surface area (TPSA) is 176 Å². The molecule has 1 saturated heterocycles. The number of aromatic nitrogens is 5. The maximum atomic E-state index is 12.9. The van der Waals surface area contributed by atoms with Gasteiger partial charge in [0.25, 0.3) is 0 Å². The van der Waals surface area contributed by atoms with E-state index in [0.29, 0.717) is 12.2 Å². The third kappa shape index (κ3) is 7.25. The Morgan fingerprint density at radius 2 is 2.10 bits per heavy atom. The summed E-state index contributed by atoms with van der Waals surface area (Å²) in [6.45, 7) is 0.900. The molecule has 216 valence electrons. The highest BCUT2D eigenvalue weighted by Crippen LogP contribution is 2.28. The SMILES string of the molecule is N#CCC(c1cccc(S(=O)(=O)NCC2CCCO2)c1)n1cc(-c2ncnc3[nH]ccc23)cn1.O=C(O)C(F)(F)F. The third-order valence-electron chi connectivity index (χ3n) is 6.15. The van der Waals surface area contributed by atoms with Gasteiger partial charge in [0, 0.05) is 36.5 Å². The average molecular weight is 592 g/mol. The van der Waals surface area contributed by atoms with Gasteiger partial charge in [0.2, 0.25) is 10.0 Å². The van der Waals surface area contributed by atoms with Gasteiger partial charge in [0.1, 0.15) is 12.0 Å². The van der Waals surface area contributed by atoms with Crippen molar-refractivity contribution in [1.29, 1.82) is 5.26 Å². The Kier molecular flexibility index (Phi) is 9.01. The number of rotatable bonds is 8. The molecule has 1 fully saturated rings. The number of hydrogen-bond acceptors (Lipinski definition) is 8. The van der Waals surface area contributed by atoms with Crippen molar-refractivity contribution in [2.45, 2.75) is 42.5 Å². The van der Waals surface area contributed by atoms with E-state index in [-0.39, 0.29) is 24.0 Å². The number of carboxylic acids is 1. The van der Waals surface area contributed by atoms with Gasteiger partial charge in [-0.2, -0.15) is 23.5 Å². The number of halogens is 3. The van der Waals surface area contributed by atoms with Gasteiger partial charge in [-0.1, -0.05) is 12.1 Å². The highest BCUT2D eigenvalue weighted by molar-refractivity contribution is 7.89. The number of carbonyl (C=O) groups is 1. The van der Waals surface area contributed by atoms with Crippen LogP contribution in [0.15, 0.2) is 60.1 Å². The molecule has 12 nitrogen and oxygen atoms in total. The highest BCUT2D eigenvalue weighted by atomic mass is 32.2. The lowest BCUT2D eigenvalue weighted by Crippen LogP contribution is -2.31. The summed E-state index contributed by atoms with van der Waals surface area (Å²) in [6.07, 6.45) is 3.50. The zero-order valence-electron chi connectivity index (χ0n) is 21.2. The Morgan fingerprint density at radius 3 is 2.78 bits per heavy atom. The summed E-state index contributed by atoms with van der Waals surface area (Å²) in [5.74, 6) is -2.76. The number of fused-ring (bicyclic) bond motifs is 1. The monoisotopic (exact) mass is 591 g/mol. The average Bonchev–Trinajstić information content (AvgIpc) is 3.72. The van der Waals surface area contributed by atoms with Crippen LogP contribution in [-0.4, -0.2) is 69.7 Å². The van der Waals surface area contributed by atoms with Crippen LogP contribution in [0.2, 0.25) is 0 Å². The van der Waals surface area contributed by atoms with Gasteiger partial charge >= 0.3 is 12.1 Å². The summed E-state index contributed by atoms with van der Waals surface area (Å²) in [6, 6.07) is 10.2. The number of H-pyrrole nitrogens is 1. The lowest BCUT2D eigenvalue weighted by Gasteiger charge is -2.17. The molecule has 0 radical (unpaired) electrons. The van der Waals surface area contributed by atoms with Crippen LogP contribution < -0.4 is 4.72 Å². The normalized spacial score (nSPS) is 16.1. The molecule has 41 heavy (non-hydrogen) atoms. The minimum absolute atomic E-state index is 0.0971. The summed E-state index contributed by atoms with van der Waals surface area (Å²) < 4.78 is 67.3. The lowest BCUT2D eigenvalue weighted by atomic mass is 10.0. The molecule has 2 atom stereocenters. The van der Waals surface area contributed by atoms with Crippen molar-refractivity contribution >= 4 is 27.0 Å².